The van der Waals surface area contributed by atoms with E-state index < -0.39 is 6.23 Å². The van der Waals surface area contributed by atoms with E-state index in [1.165, 1.54) is 6.08 Å². The molecule has 0 saturated heterocycles. The van der Waals surface area contributed by atoms with E-state index in [0.717, 1.165) is 22.5 Å². The zero-order valence-corrected chi connectivity index (χ0v) is 7.81. The van der Waals surface area contributed by atoms with Gasteiger partial charge in [-0.3, -0.25) is 0 Å². The fourth-order valence-electron chi connectivity index (χ4n) is 1.91. The van der Waals surface area contributed by atoms with E-state index in [1.54, 1.807) is 0 Å². The number of ether oxygens (including phenoxy) is 1. The van der Waals surface area contributed by atoms with Crippen LogP contribution in [-0.4, -0.2) is 12.3 Å². The van der Waals surface area contributed by atoms with Crippen LogP contribution in [0.25, 0.3) is 11.6 Å². The molecule has 0 aromatic heterocycles. The zero-order chi connectivity index (χ0) is 10.3. The Bertz CT molecular complexity index is 536. The third-order valence-electron chi connectivity index (χ3n) is 2.54. The van der Waals surface area contributed by atoms with Crippen molar-refractivity contribution in [1.82, 2.24) is 0 Å². The molecule has 3 heteroatoms. The van der Waals surface area contributed by atoms with Gasteiger partial charge in [0.15, 0.2) is 0 Å². The molecule has 1 aromatic carbocycles. The fraction of sp³-hybridized carbons (Fsp3) is 0.0833. The van der Waals surface area contributed by atoms with Crippen molar-refractivity contribution in [3.8, 4) is 0 Å². The first-order valence-corrected chi connectivity index (χ1v) is 4.65. The number of hydrogen-bond donors (Lipinski definition) is 0. The Morgan fingerprint density at radius 2 is 2.20 bits per heavy atom. The van der Waals surface area contributed by atoms with Gasteiger partial charge in [-0.2, -0.15) is 4.99 Å². The largest absolute Gasteiger partial charge is 0.464 e. The summed E-state index contributed by atoms with van der Waals surface area (Å²) in [6.07, 6.45) is 4.79. The van der Waals surface area contributed by atoms with Crippen molar-refractivity contribution < 1.29 is 9.53 Å². The SMILES string of the molecule is O=C=NC1C=C2C(=Cc3ccccc32)O1. The molecule has 0 fully saturated rings. The molecule has 0 spiro atoms. The third kappa shape index (κ3) is 1.14. The first-order valence-electron chi connectivity index (χ1n) is 4.65. The zero-order valence-electron chi connectivity index (χ0n) is 7.81. The van der Waals surface area contributed by atoms with Crippen LogP contribution in [0.4, 0.5) is 0 Å². The number of nitrogens with zero attached hydrogens (tertiary/aromatic N) is 1. The Morgan fingerprint density at radius 1 is 1.33 bits per heavy atom. The summed E-state index contributed by atoms with van der Waals surface area (Å²) in [7, 11) is 0. The molecule has 3 nitrogen and oxygen atoms in total. The fourth-order valence-corrected chi connectivity index (χ4v) is 1.91. The predicted molar refractivity (Wildman–Crippen MR) is 55.4 cm³/mol. The molecule has 15 heavy (non-hydrogen) atoms. The lowest BCUT2D eigenvalue weighted by Gasteiger charge is -2.00. The van der Waals surface area contributed by atoms with E-state index >= 15 is 0 Å². The lowest BCUT2D eigenvalue weighted by Crippen LogP contribution is -1.97. The van der Waals surface area contributed by atoms with E-state index in [9.17, 15) is 4.79 Å². The average Bonchev–Trinajstić information content (AvgIpc) is 2.75. The van der Waals surface area contributed by atoms with Gasteiger partial charge in [0.2, 0.25) is 12.3 Å². The lowest BCUT2D eigenvalue weighted by atomic mass is 10.1. The maximum Gasteiger partial charge on any atom is 0.238 e. The highest BCUT2D eigenvalue weighted by Gasteiger charge is 2.28. The highest BCUT2D eigenvalue weighted by Crippen LogP contribution is 2.40. The molecule has 1 atom stereocenters. The Morgan fingerprint density at radius 3 is 3.07 bits per heavy atom. The van der Waals surface area contributed by atoms with E-state index in [1.807, 2.05) is 36.4 Å². The van der Waals surface area contributed by atoms with Gasteiger partial charge in [0.05, 0.1) is 0 Å². The molecular formula is C12H7NO2. The van der Waals surface area contributed by atoms with E-state index in [4.69, 9.17) is 4.74 Å². The molecule has 72 valence electrons. The summed E-state index contributed by atoms with van der Waals surface area (Å²) in [6, 6.07) is 8.02. The highest BCUT2D eigenvalue weighted by molar-refractivity contribution is 5.94. The van der Waals surface area contributed by atoms with E-state index in [0.29, 0.717) is 0 Å². The van der Waals surface area contributed by atoms with Crippen molar-refractivity contribution in [3.05, 3.63) is 47.2 Å². The summed E-state index contributed by atoms with van der Waals surface area (Å²) in [5.41, 5.74) is 3.30. The molecule has 0 radical (unpaired) electrons. The molecule has 0 bridgehead atoms. The number of isocyanates is 1. The van der Waals surface area contributed by atoms with Gasteiger partial charge in [-0.1, -0.05) is 24.3 Å². The molecule has 1 aliphatic heterocycles. The summed E-state index contributed by atoms with van der Waals surface area (Å²) >= 11 is 0. The van der Waals surface area contributed by atoms with E-state index in [-0.39, 0.29) is 0 Å². The van der Waals surface area contributed by atoms with Crippen LogP contribution in [0.15, 0.2) is 41.1 Å². The molecule has 0 saturated carbocycles. The van der Waals surface area contributed by atoms with Crippen LogP contribution in [0.5, 0.6) is 0 Å². The van der Waals surface area contributed by atoms with Crippen LogP contribution >= 0.6 is 0 Å². The molecule has 0 amide bonds. The average molecular weight is 197 g/mol. The second-order valence-corrected chi connectivity index (χ2v) is 3.40. The number of allylic oxidation sites excluding steroid dienone is 1. The minimum atomic E-state index is -0.503. The van der Waals surface area contributed by atoms with E-state index in [2.05, 4.69) is 4.99 Å². The number of benzene rings is 1. The van der Waals surface area contributed by atoms with Crippen LogP contribution in [0.2, 0.25) is 0 Å². The minimum absolute atomic E-state index is 0.503. The van der Waals surface area contributed by atoms with Gasteiger partial charge in [-0.15, -0.1) is 0 Å². The minimum Gasteiger partial charge on any atom is -0.464 e. The summed E-state index contributed by atoms with van der Waals surface area (Å²) in [5.74, 6) is 0.792. The van der Waals surface area contributed by atoms with Gasteiger partial charge < -0.3 is 4.74 Å². The number of hydrogen-bond acceptors (Lipinski definition) is 3. The summed E-state index contributed by atoms with van der Waals surface area (Å²) in [5, 5.41) is 0. The lowest BCUT2D eigenvalue weighted by molar-refractivity contribution is 0.194. The highest BCUT2D eigenvalue weighted by atomic mass is 16.5. The van der Waals surface area contributed by atoms with Crippen molar-refractivity contribution in [2.24, 2.45) is 4.99 Å². The molecular weight excluding hydrogens is 190 g/mol. The van der Waals surface area contributed by atoms with Crippen LogP contribution in [0.3, 0.4) is 0 Å². The third-order valence-corrected chi connectivity index (χ3v) is 2.54. The van der Waals surface area contributed by atoms with Gasteiger partial charge in [-0.25, -0.2) is 4.79 Å². The number of aliphatic imine (C=N–C) groups is 1. The summed E-state index contributed by atoms with van der Waals surface area (Å²) < 4.78 is 5.45. The van der Waals surface area contributed by atoms with Gasteiger partial charge in [0, 0.05) is 5.57 Å². The summed E-state index contributed by atoms with van der Waals surface area (Å²) in [4.78, 5) is 13.6. The van der Waals surface area contributed by atoms with Gasteiger partial charge in [0.1, 0.15) is 5.76 Å². The van der Waals surface area contributed by atoms with Crippen molar-refractivity contribution >= 4 is 17.7 Å². The number of fused-ring (bicyclic) bond motifs is 3. The first kappa shape index (κ1) is 8.21. The van der Waals surface area contributed by atoms with Gasteiger partial charge >= 0.3 is 0 Å². The quantitative estimate of drug-likeness (QED) is 0.511. The Hall–Kier alpha value is -2.12. The first-order chi connectivity index (χ1) is 7.38. The second-order valence-electron chi connectivity index (χ2n) is 3.40. The molecule has 2 aliphatic rings. The normalized spacial score (nSPS) is 20.7. The van der Waals surface area contributed by atoms with Crippen molar-refractivity contribution in [1.29, 1.82) is 0 Å². The number of carbonyl (C=O) groups excluding carboxylic acids is 1. The van der Waals surface area contributed by atoms with Gasteiger partial charge in [-0.05, 0) is 23.3 Å². The number of rotatable bonds is 1. The monoisotopic (exact) mass is 197 g/mol. The predicted octanol–water partition coefficient (Wildman–Crippen LogP) is 2.12. The molecule has 1 unspecified atom stereocenters. The molecule has 3 rings (SSSR count). The Labute approximate surface area is 86.4 Å². The maximum absolute atomic E-state index is 10.1. The molecule has 1 aliphatic carbocycles. The molecule has 1 heterocycles. The smallest absolute Gasteiger partial charge is 0.238 e. The Balaban J connectivity index is 2.09. The van der Waals surface area contributed by atoms with Gasteiger partial charge in [0.25, 0.3) is 0 Å². The van der Waals surface area contributed by atoms with Crippen LogP contribution < -0.4 is 0 Å². The van der Waals surface area contributed by atoms with Crippen molar-refractivity contribution in [2.75, 3.05) is 0 Å². The van der Waals surface area contributed by atoms with Crippen molar-refractivity contribution in [3.63, 3.8) is 0 Å². The van der Waals surface area contributed by atoms with Crippen molar-refractivity contribution in [2.45, 2.75) is 6.23 Å². The van der Waals surface area contributed by atoms with Crippen LogP contribution in [0, 0.1) is 0 Å². The maximum atomic E-state index is 10.1. The second kappa shape index (κ2) is 2.94. The molecule has 0 N–H and O–H groups in total. The standard InChI is InChI=1S/C12H7NO2/c14-7-13-12-6-10-9-4-2-1-3-8(9)5-11(10)15-12/h1-6,12H. The summed E-state index contributed by atoms with van der Waals surface area (Å²) in [6.45, 7) is 0. The Kier molecular flexibility index (Phi) is 1.61. The topological polar surface area (TPSA) is 38.7 Å². The molecule has 1 aromatic rings. The van der Waals surface area contributed by atoms with Crippen LogP contribution in [0.1, 0.15) is 11.1 Å². The van der Waals surface area contributed by atoms with Crippen LogP contribution in [-0.2, 0) is 9.53 Å².